The lowest BCUT2D eigenvalue weighted by Crippen LogP contribution is -2.29. The van der Waals surface area contributed by atoms with E-state index in [1.165, 1.54) is 6.07 Å². The molecule has 0 saturated carbocycles. The van der Waals surface area contributed by atoms with Gasteiger partial charge in [0.1, 0.15) is 5.82 Å². The highest BCUT2D eigenvalue weighted by Gasteiger charge is 2.08. The lowest BCUT2D eigenvalue weighted by molar-refractivity contribution is 0.586. The van der Waals surface area contributed by atoms with Gasteiger partial charge in [-0.3, -0.25) is 9.36 Å². The van der Waals surface area contributed by atoms with Gasteiger partial charge in [0.25, 0.3) is 0 Å². The monoisotopic (exact) mass is 378 g/mol. The Morgan fingerprint density at radius 2 is 2.12 bits per heavy atom. The molecule has 130 valence electrons. The molecule has 0 aliphatic carbocycles. The molecule has 0 unspecified atom stereocenters. The van der Waals surface area contributed by atoms with Crippen LogP contribution < -0.4 is 10.6 Å². The summed E-state index contributed by atoms with van der Waals surface area (Å²) in [4.78, 5) is 0. The zero-order valence-electron chi connectivity index (χ0n) is 13.4. The molecule has 1 aromatic carbocycles. The Hall–Kier alpha value is -2.45. The largest absolute Gasteiger partial charge is 0.357 e. The van der Waals surface area contributed by atoms with Crippen LogP contribution in [0.4, 0.5) is 10.2 Å². The molecule has 3 aromatic rings. The van der Waals surface area contributed by atoms with E-state index in [0.717, 1.165) is 5.69 Å². The molecule has 2 N–H and O–H groups in total. The Morgan fingerprint density at radius 3 is 2.84 bits per heavy atom. The van der Waals surface area contributed by atoms with Gasteiger partial charge in [-0.1, -0.05) is 29.8 Å². The van der Waals surface area contributed by atoms with Crippen LogP contribution >= 0.6 is 23.8 Å². The summed E-state index contributed by atoms with van der Waals surface area (Å²) in [5, 5.41) is 15.4. The van der Waals surface area contributed by atoms with Crippen molar-refractivity contribution in [3.8, 4) is 0 Å². The van der Waals surface area contributed by atoms with E-state index in [-0.39, 0.29) is 5.82 Å². The summed E-state index contributed by atoms with van der Waals surface area (Å²) in [5.41, 5.74) is 1.40. The minimum absolute atomic E-state index is 0.252. The van der Waals surface area contributed by atoms with Gasteiger partial charge in [-0.2, -0.15) is 10.2 Å². The van der Waals surface area contributed by atoms with E-state index in [4.69, 9.17) is 23.8 Å². The Kier molecular flexibility index (Phi) is 5.30. The molecule has 2 aromatic heterocycles. The Bertz CT molecular complexity index is 871. The summed E-state index contributed by atoms with van der Waals surface area (Å²) in [6, 6.07) is 8.39. The number of thiocarbonyl (C=S) groups is 1. The lowest BCUT2D eigenvalue weighted by Gasteiger charge is -2.09. The van der Waals surface area contributed by atoms with Crippen molar-refractivity contribution in [2.45, 2.75) is 13.1 Å². The molecule has 3 rings (SSSR count). The minimum atomic E-state index is -0.252. The molecule has 25 heavy (non-hydrogen) atoms. The second-order valence-corrected chi connectivity index (χ2v) is 6.18. The summed E-state index contributed by atoms with van der Waals surface area (Å²) in [6.45, 7) is 0.788. The SMILES string of the molecule is Cn1ncc(Cl)c1CNC(=S)Nc1ccn(Cc2ccccc2F)n1. The van der Waals surface area contributed by atoms with E-state index in [2.05, 4.69) is 20.8 Å². The summed E-state index contributed by atoms with van der Waals surface area (Å²) in [7, 11) is 1.81. The zero-order valence-corrected chi connectivity index (χ0v) is 15.0. The number of hydrogen-bond acceptors (Lipinski definition) is 3. The number of aromatic nitrogens is 4. The van der Waals surface area contributed by atoms with Gasteiger partial charge in [0.05, 0.1) is 30.0 Å². The Labute approximate surface area is 154 Å². The van der Waals surface area contributed by atoms with Crippen LogP contribution in [0, 0.1) is 5.82 Å². The highest BCUT2D eigenvalue weighted by molar-refractivity contribution is 7.80. The van der Waals surface area contributed by atoms with Gasteiger partial charge in [0.2, 0.25) is 0 Å². The third kappa shape index (κ3) is 4.34. The van der Waals surface area contributed by atoms with Crippen molar-refractivity contribution in [3.63, 3.8) is 0 Å². The highest BCUT2D eigenvalue weighted by Crippen LogP contribution is 2.13. The highest BCUT2D eigenvalue weighted by atomic mass is 35.5. The van der Waals surface area contributed by atoms with Crippen LogP contribution in [-0.2, 0) is 20.1 Å². The molecule has 9 heteroatoms. The number of rotatable bonds is 5. The van der Waals surface area contributed by atoms with Crippen molar-refractivity contribution in [2.75, 3.05) is 5.32 Å². The normalized spacial score (nSPS) is 10.7. The fourth-order valence-corrected chi connectivity index (χ4v) is 2.69. The summed E-state index contributed by atoms with van der Waals surface area (Å²) < 4.78 is 17.0. The molecular formula is C16H16ClFN6S. The molecule has 0 fully saturated rings. The van der Waals surface area contributed by atoms with Gasteiger partial charge in [-0.15, -0.1) is 0 Å². The summed E-state index contributed by atoms with van der Waals surface area (Å²) in [5.74, 6) is 0.322. The van der Waals surface area contributed by atoms with Crippen molar-refractivity contribution in [3.05, 3.63) is 64.8 Å². The number of anilines is 1. The topological polar surface area (TPSA) is 59.7 Å². The first kappa shape index (κ1) is 17.4. The maximum Gasteiger partial charge on any atom is 0.172 e. The zero-order chi connectivity index (χ0) is 17.8. The Morgan fingerprint density at radius 1 is 1.32 bits per heavy atom. The van der Waals surface area contributed by atoms with Gasteiger partial charge in [-0.25, -0.2) is 4.39 Å². The molecule has 0 atom stereocenters. The predicted octanol–water partition coefficient (Wildman–Crippen LogP) is 2.94. The van der Waals surface area contributed by atoms with Gasteiger partial charge >= 0.3 is 0 Å². The number of nitrogens with one attached hydrogen (secondary N) is 2. The minimum Gasteiger partial charge on any atom is -0.357 e. The van der Waals surface area contributed by atoms with Crippen LogP contribution in [0.25, 0.3) is 0 Å². The van der Waals surface area contributed by atoms with Gasteiger partial charge < -0.3 is 10.6 Å². The van der Waals surface area contributed by atoms with Crippen molar-refractivity contribution in [1.29, 1.82) is 0 Å². The first-order valence-electron chi connectivity index (χ1n) is 7.51. The maximum absolute atomic E-state index is 13.7. The lowest BCUT2D eigenvalue weighted by atomic mass is 10.2. The molecule has 0 bridgehead atoms. The van der Waals surface area contributed by atoms with E-state index < -0.39 is 0 Å². The molecular weight excluding hydrogens is 363 g/mol. The maximum atomic E-state index is 13.7. The van der Waals surface area contributed by atoms with E-state index in [1.807, 2.05) is 7.05 Å². The second kappa shape index (κ2) is 7.62. The third-order valence-electron chi connectivity index (χ3n) is 3.60. The van der Waals surface area contributed by atoms with Crippen LogP contribution in [0.2, 0.25) is 5.02 Å². The molecule has 2 heterocycles. The van der Waals surface area contributed by atoms with Crippen molar-refractivity contribution in [1.82, 2.24) is 24.9 Å². The standard InChI is InChI=1S/C16H16ClFN6S/c1-23-14(12(17)8-20-23)9-19-16(25)21-15-6-7-24(22-15)10-11-4-2-3-5-13(11)18/h2-8H,9-10H2,1H3,(H2,19,21,22,25). The number of nitrogens with zero attached hydrogens (tertiary/aromatic N) is 4. The van der Waals surface area contributed by atoms with Crippen LogP contribution in [0.3, 0.4) is 0 Å². The van der Waals surface area contributed by atoms with Crippen LogP contribution in [-0.4, -0.2) is 24.7 Å². The summed E-state index contributed by atoms with van der Waals surface area (Å²) in [6.07, 6.45) is 3.34. The quantitative estimate of drug-likeness (QED) is 0.668. The second-order valence-electron chi connectivity index (χ2n) is 5.36. The third-order valence-corrected chi connectivity index (χ3v) is 4.16. The van der Waals surface area contributed by atoms with Crippen LogP contribution in [0.5, 0.6) is 0 Å². The van der Waals surface area contributed by atoms with E-state index in [0.29, 0.717) is 34.6 Å². The average Bonchev–Trinajstić information content (AvgIpc) is 3.15. The first-order valence-corrected chi connectivity index (χ1v) is 8.29. The number of hydrogen-bond donors (Lipinski definition) is 2. The summed E-state index contributed by atoms with van der Waals surface area (Å²) >= 11 is 11.3. The molecule has 0 aliphatic heterocycles. The van der Waals surface area contributed by atoms with Gasteiger partial charge in [0.15, 0.2) is 10.9 Å². The molecule has 0 aliphatic rings. The molecule has 0 spiro atoms. The molecule has 0 saturated heterocycles. The van der Waals surface area contributed by atoms with Gasteiger partial charge in [-0.05, 0) is 18.3 Å². The van der Waals surface area contributed by atoms with E-state index in [9.17, 15) is 4.39 Å². The van der Waals surface area contributed by atoms with E-state index in [1.54, 1.807) is 46.0 Å². The molecule has 6 nitrogen and oxygen atoms in total. The Balaban J connectivity index is 1.56. The smallest absolute Gasteiger partial charge is 0.172 e. The predicted molar refractivity (Wildman–Crippen MR) is 99.0 cm³/mol. The number of benzene rings is 1. The van der Waals surface area contributed by atoms with Gasteiger partial charge in [0, 0.05) is 24.9 Å². The van der Waals surface area contributed by atoms with Crippen LogP contribution in [0.15, 0.2) is 42.7 Å². The number of aryl methyl sites for hydroxylation is 1. The van der Waals surface area contributed by atoms with Crippen LogP contribution in [0.1, 0.15) is 11.3 Å². The molecule has 0 radical (unpaired) electrons. The van der Waals surface area contributed by atoms with Crippen molar-refractivity contribution < 1.29 is 4.39 Å². The van der Waals surface area contributed by atoms with Crippen molar-refractivity contribution >= 4 is 34.7 Å². The fourth-order valence-electron chi connectivity index (χ4n) is 2.28. The van der Waals surface area contributed by atoms with Crippen molar-refractivity contribution in [2.24, 2.45) is 7.05 Å². The molecule has 0 amide bonds. The van der Waals surface area contributed by atoms with E-state index >= 15 is 0 Å². The number of halogens is 2. The fraction of sp³-hybridized carbons (Fsp3) is 0.188. The average molecular weight is 379 g/mol. The first-order chi connectivity index (χ1) is 12.0.